The lowest BCUT2D eigenvalue weighted by atomic mass is 9.94. The highest BCUT2D eigenvalue weighted by atomic mass is 16.2. The summed E-state index contributed by atoms with van der Waals surface area (Å²) in [6, 6.07) is 20.6. The molecule has 1 saturated carbocycles. The van der Waals surface area contributed by atoms with Gasteiger partial charge in [0.1, 0.15) is 6.33 Å². The topological polar surface area (TPSA) is 51.0 Å². The molecule has 1 aliphatic carbocycles. The number of benzene rings is 2. The number of carbonyl (C=O) groups excluding carboxylic acids is 1. The minimum Gasteiger partial charge on any atom is -0.340 e. The molecule has 136 valence electrons. The van der Waals surface area contributed by atoms with Crippen LogP contribution in [0.2, 0.25) is 0 Å². The molecule has 2 aromatic carbocycles. The molecule has 0 bridgehead atoms. The summed E-state index contributed by atoms with van der Waals surface area (Å²) in [6.07, 6.45) is 4.65. The first kappa shape index (κ1) is 16.2. The van der Waals surface area contributed by atoms with E-state index >= 15 is 0 Å². The Bertz CT molecular complexity index is 947. The number of nitrogens with zero attached hydrogens (tertiary/aromatic N) is 4. The fraction of sp³-hybridized carbons (Fsp3) is 0.318. The Balaban J connectivity index is 1.36. The fourth-order valence-electron chi connectivity index (χ4n) is 4.27. The summed E-state index contributed by atoms with van der Waals surface area (Å²) in [5.41, 5.74) is 1.93. The molecule has 2 aliphatic rings. The number of likely N-dealkylation sites (tertiary alicyclic amines) is 1. The molecule has 5 heteroatoms. The molecule has 2 fully saturated rings. The van der Waals surface area contributed by atoms with Gasteiger partial charge in [-0.2, -0.15) is 0 Å². The average molecular weight is 358 g/mol. The van der Waals surface area contributed by atoms with Gasteiger partial charge in [-0.3, -0.25) is 4.79 Å². The molecule has 0 radical (unpaired) electrons. The molecule has 2 heterocycles. The van der Waals surface area contributed by atoms with Crippen LogP contribution in [0.5, 0.6) is 0 Å². The van der Waals surface area contributed by atoms with Crippen molar-refractivity contribution in [3.8, 4) is 11.4 Å². The Hall–Kier alpha value is -2.95. The number of amides is 1. The standard InChI is InChI=1S/C22H22N4O/c27-21(22(12-13-22)18-9-5-2-6-10-18)25-14-11-19(15-25)26-16-23-24-20(26)17-7-3-1-4-8-17/h1-10,16,19H,11-15H2. The average Bonchev–Trinajstić information content (AvgIpc) is 3.15. The van der Waals surface area contributed by atoms with Gasteiger partial charge in [0, 0.05) is 18.7 Å². The maximum absolute atomic E-state index is 13.3. The lowest BCUT2D eigenvalue weighted by molar-refractivity contribution is -0.133. The molecule has 5 rings (SSSR count). The summed E-state index contributed by atoms with van der Waals surface area (Å²) in [4.78, 5) is 15.3. The molecule has 1 aromatic heterocycles. The van der Waals surface area contributed by atoms with Crippen LogP contribution in [-0.2, 0) is 10.2 Å². The Morgan fingerprint density at radius 3 is 2.41 bits per heavy atom. The first-order valence-corrected chi connectivity index (χ1v) is 9.58. The van der Waals surface area contributed by atoms with E-state index in [1.807, 2.05) is 53.4 Å². The number of rotatable bonds is 4. The minimum atomic E-state index is -0.286. The summed E-state index contributed by atoms with van der Waals surface area (Å²) in [5.74, 6) is 1.16. The summed E-state index contributed by atoms with van der Waals surface area (Å²) in [5, 5.41) is 8.45. The van der Waals surface area contributed by atoms with Gasteiger partial charge in [-0.15, -0.1) is 10.2 Å². The summed E-state index contributed by atoms with van der Waals surface area (Å²) in [6.45, 7) is 1.52. The monoisotopic (exact) mass is 358 g/mol. The van der Waals surface area contributed by atoms with Gasteiger partial charge in [0.15, 0.2) is 5.82 Å². The molecular formula is C22H22N4O. The van der Waals surface area contributed by atoms with Crippen molar-refractivity contribution in [3.63, 3.8) is 0 Å². The van der Waals surface area contributed by atoms with Crippen LogP contribution in [0.3, 0.4) is 0 Å². The second-order valence-electron chi connectivity index (χ2n) is 7.57. The van der Waals surface area contributed by atoms with E-state index in [0.717, 1.165) is 49.3 Å². The zero-order valence-corrected chi connectivity index (χ0v) is 15.2. The molecule has 27 heavy (non-hydrogen) atoms. The predicted molar refractivity (Wildman–Crippen MR) is 103 cm³/mol. The molecule has 1 aliphatic heterocycles. The molecule has 3 aromatic rings. The van der Waals surface area contributed by atoms with Crippen molar-refractivity contribution < 1.29 is 4.79 Å². The smallest absolute Gasteiger partial charge is 0.233 e. The second kappa shape index (κ2) is 6.34. The summed E-state index contributed by atoms with van der Waals surface area (Å²) in [7, 11) is 0. The third kappa shape index (κ3) is 2.74. The van der Waals surface area contributed by atoms with Gasteiger partial charge in [0.05, 0.1) is 11.5 Å². The molecule has 1 atom stereocenters. The fourth-order valence-corrected chi connectivity index (χ4v) is 4.27. The molecule has 1 saturated heterocycles. The van der Waals surface area contributed by atoms with Crippen LogP contribution < -0.4 is 0 Å². The van der Waals surface area contributed by atoms with Gasteiger partial charge >= 0.3 is 0 Å². The number of hydrogen-bond donors (Lipinski definition) is 0. The van der Waals surface area contributed by atoms with E-state index in [4.69, 9.17) is 0 Å². The van der Waals surface area contributed by atoms with E-state index in [1.54, 1.807) is 6.33 Å². The Kier molecular flexibility index (Phi) is 3.81. The SMILES string of the molecule is O=C(N1CCC(n2cnnc2-c2ccccc2)C1)C1(c2ccccc2)CC1. The maximum atomic E-state index is 13.3. The Labute approximate surface area is 158 Å². The van der Waals surface area contributed by atoms with Crippen LogP contribution in [0, 0.1) is 0 Å². The molecule has 5 nitrogen and oxygen atoms in total. The first-order chi connectivity index (χ1) is 13.3. The van der Waals surface area contributed by atoms with E-state index in [-0.39, 0.29) is 17.4 Å². The number of hydrogen-bond acceptors (Lipinski definition) is 3. The Morgan fingerprint density at radius 1 is 1.00 bits per heavy atom. The van der Waals surface area contributed by atoms with E-state index in [2.05, 4.69) is 26.9 Å². The van der Waals surface area contributed by atoms with E-state index in [9.17, 15) is 4.79 Å². The van der Waals surface area contributed by atoms with Crippen LogP contribution in [0.4, 0.5) is 0 Å². The molecule has 1 amide bonds. The van der Waals surface area contributed by atoms with Crippen LogP contribution >= 0.6 is 0 Å². The predicted octanol–water partition coefficient (Wildman–Crippen LogP) is 3.45. The van der Waals surface area contributed by atoms with Crippen molar-refractivity contribution in [1.29, 1.82) is 0 Å². The van der Waals surface area contributed by atoms with Gasteiger partial charge in [-0.25, -0.2) is 0 Å². The third-order valence-electron chi connectivity index (χ3n) is 5.93. The van der Waals surface area contributed by atoms with Crippen LogP contribution in [0.1, 0.15) is 30.9 Å². The van der Waals surface area contributed by atoms with Crippen molar-refractivity contribution in [3.05, 3.63) is 72.6 Å². The normalized spacial score (nSPS) is 20.6. The zero-order valence-electron chi connectivity index (χ0n) is 15.2. The third-order valence-corrected chi connectivity index (χ3v) is 5.93. The van der Waals surface area contributed by atoms with Crippen molar-refractivity contribution in [2.75, 3.05) is 13.1 Å². The van der Waals surface area contributed by atoms with Gasteiger partial charge in [-0.1, -0.05) is 60.7 Å². The highest BCUT2D eigenvalue weighted by molar-refractivity contribution is 5.91. The van der Waals surface area contributed by atoms with Crippen LogP contribution in [0.15, 0.2) is 67.0 Å². The van der Waals surface area contributed by atoms with E-state index in [0.29, 0.717) is 0 Å². The van der Waals surface area contributed by atoms with Crippen molar-refractivity contribution in [2.45, 2.75) is 30.7 Å². The minimum absolute atomic E-state index is 0.228. The molecule has 0 N–H and O–H groups in total. The van der Waals surface area contributed by atoms with Crippen molar-refractivity contribution in [1.82, 2.24) is 19.7 Å². The van der Waals surface area contributed by atoms with Crippen molar-refractivity contribution in [2.24, 2.45) is 0 Å². The quantitative estimate of drug-likeness (QED) is 0.718. The molecule has 1 unspecified atom stereocenters. The van der Waals surface area contributed by atoms with Gasteiger partial charge in [0.2, 0.25) is 5.91 Å². The summed E-state index contributed by atoms with van der Waals surface area (Å²) >= 11 is 0. The van der Waals surface area contributed by atoms with E-state index < -0.39 is 0 Å². The number of aromatic nitrogens is 3. The lowest BCUT2D eigenvalue weighted by Gasteiger charge is -2.24. The van der Waals surface area contributed by atoms with Gasteiger partial charge < -0.3 is 9.47 Å². The molecular weight excluding hydrogens is 336 g/mol. The second-order valence-corrected chi connectivity index (χ2v) is 7.57. The lowest BCUT2D eigenvalue weighted by Crippen LogP contribution is -2.38. The zero-order chi connectivity index (χ0) is 18.3. The maximum Gasteiger partial charge on any atom is 0.233 e. The summed E-state index contributed by atoms with van der Waals surface area (Å²) < 4.78 is 2.13. The highest BCUT2D eigenvalue weighted by Gasteiger charge is 2.53. The Morgan fingerprint density at radius 2 is 1.70 bits per heavy atom. The number of carbonyl (C=O) groups is 1. The first-order valence-electron chi connectivity index (χ1n) is 9.58. The van der Waals surface area contributed by atoms with Crippen LogP contribution in [0.25, 0.3) is 11.4 Å². The highest BCUT2D eigenvalue weighted by Crippen LogP contribution is 2.50. The van der Waals surface area contributed by atoms with Crippen molar-refractivity contribution >= 4 is 5.91 Å². The van der Waals surface area contributed by atoms with Gasteiger partial charge in [0.25, 0.3) is 0 Å². The molecule has 0 spiro atoms. The largest absolute Gasteiger partial charge is 0.340 e. The van der Waals surface area contributed by atoms with E-state index in [1.165, 1.54) is 0 Å². The van der Waals surface area contributed by atoms with Gasteiger partial charge in [-0.05, 0) is 24.8 Å². The van der Waals surface area contributed by atoms with Crippen LogP contribution in [-0.4, -0.2) is 38.7 Å².